The molecule has 0 aromatic carbocycles. The molecular formula is C10H13BrO2. The second kappa shape index (κ2) is 3.45. The maximum atomic E-state index is 11.7. The molecule has 13 heavy (non-hydrogen) atoms. The molecule has 1 saturated carbocycles. The Kier molecular flexibility index (Phi) is 2.45. The molecule has 1 aliphatic carbocycles. The number of Topliss-reactive ketones (excluding diaryl/α,β-unsaturated/α-hetero) is 1. The van der Waals surface area contributed by atoms with Gasteiger partial charge in [-0.1, -0.05) is 15.9 Å². The highest BCUT2D eigenvalue weighted by Crippen LogP contribution is 2.35. The third kappa shape index (κ3) is 1.66. The van der Waals surface area contributed by atoms with Crippen molar-refractivity contribution in [1.82, 2.24) is 0 Å². The van der Waals surface area contributed by atoms with Crippen LogP contribution in [0, 0.1) is 5.92 Å². The number of fused-ring (bicyclic) bond motifs is 1. The van der Waals surface area contributed by atoms with E-state index in [9.17, 15) is 4.79 Å². The average Bonchev–Trinajstić information content (AvgIpc) is 2.12. The van der Waals surface area contributed by atoms with Crippen molar-refractivity contribution in [2.75, 3.05) is 0 Å². The molecule has 0 N–H and O–H groups in total. The molecule has 0 spiro atoms. The molecule has 3 heteroatoms. The van der Waals surface area contributed by atoms with E-state index in [2.05, 4.69) is 15.9 Å². The largest absolute Gasteiger partial charge is 0.497 e. The second-order valence-corrected chi connectivity index (χ2v) is 5.15. The lowest BCUT2D eigenvalue weighted by Crippen LogP contribution is -2.39. The highest BCUT2D eigenvalue weighted by molar-refractivity contribution is 9.09. The molecule has 0 bridgehead atoms. The Bertz CT molecular complexity index is 260. The van der Waals surface area contributed by atoms with Crippen LogP contribution in [0.15, 0.2) is 11.8 Å². The van der Waals surface area contributed by atoms with Crippen molar-refractivity contribution in [3.8, 4) is 0 Å². The van der Waals surface area contributed by atoms with Gasteiger partial charge in [-0.25, -0.2) is 0 Å². The first-order valence-corrected chi connectivity index (χ1v) is 5.60. The summed E-state index contributed by atoms with van der Waals surface area (Å²) in [7, 11) is 0. The molecule has 2 aliphatic rings. The molecule has 1 fully saturated rings. The normalized spacial score (nSPS) is 39.1. The Morgan fingerprint density at radius 2 is 2.31 bits per heavy atom. The highest BCUT2D eigenvalue weighted by atomic mass is 79.9. The molecule has 2 nitrogen and oxygen atoms in total. The number of allylic oxidation sites excluding steroid dienone is 1. The van der Waals surface area contributed by atoms with E-state index in [1.807, 2.05) is 6.92 Å². The lowest BCUT2D eigenvalue weighted by Gasteiger charge is -2.35. The van der Waals surface area contributed by atoms with Crippen LogP contribution in [0.1, 0.15) is 26.2 Å². The summed E-state index contributed by atoms with van der Waals surface area (Å²) >= 11 is 3.57. The Balaban J connectivity index is 2.17. The Hall–Kier alpha value is -0.310. The predicted octanol–water partition coefficient (Wildman–Crippen LogP) is 2.42. The first-order valence-electron chi connectivity index (χ1n) is 4.69. The third-order valence-corrected chi connectivity index (χ3v) is 3.70. The molecule has 0 aromatic heterocycles. The van der Waals surface area contributed by atoms with Gasteiger partial charge in [0.2, 0.25) is 0 Å². The van der Waals surface area contributed by atoms with Crippen LogP contribution in [-0.4, -0.2) is 16.7 Å². The van der Waals surface area contributed by atoms with Crippen molar-refractivity contribution >= 4 is 21.7 Å². The molecule has 72 valence electrons. The summed E-state index contributed by atoms with van der Waals surface area (Å²) in [6.45, 7) is 1.83. The molecular weight excluding hydrogens is 232 g/mol. The summed E-state index contributed by atoms with van der Waals surface area (Å²) in [6.07, 6.45) is 4.80. The molecule has 0 saturated heterocycles. The van der Waals surface area contributed by atoms with E-state index in [1.54, 1.807) is 6.26 Å². The summed E-state index contributed by atoms with van der Waals surface area (Å²) in [4.78, 5) is 12.2. The molecule has 0 aromatic rings. The van der Waals surface area contributed by atoms with Gasteiger partial charge in [0.15, 0.2) is 5.78 Å². The van der Waals surface area contributed by atoms with Crippen molar-refractivity contribution in [3.05, 3.63) is 11.8 Å². The third-order valence-electron chi connectivity index (χ3n) is 2.87. The summed E-state index contributed by atoms with van der Waals surface area (Å²) in [5.74, 6) is 0.378. The van der Waals surface area contributed by atoms with Crippen LogP contribution in [0.25, 0.3) is 0 Å². The Morgan fingerprint density at radius 1 is 1.54 bits per heavy atom. The minimum absolute atomic E-state index is 0.100. The van der Waals surface area contributed by atoms with Gasteiger partial charge in [0, 0.05) is 10.4 Å². The molecule has 3 atom stereocenters. The van der Waals surface area contributed by atoms with E-state index in [4.69, 9.17) is 4.74 Å². The smallest absolute Gasteiger partial charge is 0.168 e. The summed E-state index contributed by atoms with van der Waals surface area (Å²) in [5, 5.41) is 0. The van der Waals surface area contributed by atoms with Crippen molar-refractivity contribution in [3.63, 3.8) is 0 Å². The fourth-order valence-electron chi connectivity index (χ4n) is 2.07. The van der Waals surface area contributed by atoms with Gasteiger partial charge in [-0.05, 0) is 26.2 Å². The fourth-order valence-corrected chi connectivity index (χ4v) is 2.74. The van der Waals surface area contributed by atoms with Gasteiger partial charge >= 0.3 is 0 Å². The number of ether oxygens (including phenoxy) is 1. The van der Waals surface area contributed by atoms with Crippen molar-refractivity contribution in [2.45, 2.75) is 37.1 Å². The maximum absolute atomic E-state index is 11.7. The number of ketones is 1. The molecule has 0 radical (unpaired) electrons. The first kappa shape index (κ1) is 9.25. The van der Waals surface area contributed by atoms with E-state index >= 15 is 0 Å². The van der Waals surface area contributed by atoms with E-state index < -0.39 is 0 Å². The topological polar surface area (TPSA) is 26.3 Å². The van der Waals surface area contributed by atoms with Gasteiger partial charge in [0.1, 0.15) is 6.10 Å². The minimum Gasteiger partial charge on any atom is -0.497 e. The monoisotopic (exact) mass is 244 g/mol. The van der Waals surface area contributed by atoms with E-state index in [1.165, 1.54) is 0 Å². The fraction of sp³-hybridized carbons (Fsp3) is 0.700. The zero-order valence-corrected chi connectivity index (χ0v) is 9.21. The zero-order valence-electron chi connectivity index (χ0n) is 7.63. The molecule has 1 aliphatic heterocycles. The molecule has 3 unspecified atom stereocenters. The maximum Gasteiger partial charge on any atom is 0.168 e. The quantitative estimate of drug-likeness (QED) is 0.612. The van der Waals surface area contributed by atoms with Crippen molar-refractivity contribution in [2.24, 2.45) is 5.92 Å². The zero-order chi connectivity index (χ0) is 9.42. The predicted molar refractivity (Wildman–Crippen MR) is 53.7 cm³/mol. The van der Waals surface area contributed by atoms with Crippen LogP contribution in [0.5, 0.6) is 0 Å². The van der Waals surface area contributed by atoms with Crippen LogP contribution in [0.2, 0.25) is 0 Å². The number of hydrogen-bond donors (Lipinski definition) is 0. The van der Waals surface area contributed by atoms with Crippen LogP contribution in [0.4, 0.5) is 0 Å². The molecule has 2 rings (SSSR count). The lowest BCUT2D eigenvalue weighted by molar-refractivity contribution is -0.126. The lowest BCUT2D eigenvalue weighted by atomic mass is 9.80. The van der Waals surface area contributed by atoms with Crippen molar-refractivity contribution < 1.29 is 9.53 Å². The Labute approximate surface area is 86.5 Å². The number of carbonyl (C=O) groups is 1. The SMILES string of the molecule is CC1=COC2CCC(Br)CC2C1=O. The number of alkyl halides is 1. The van der Waals surface area contributed by atoms with Gasteiger partial charge in [0.25, 0.3) is 0 Å². The minimum atomic E-state index is 0.100. The highest BCUT2D eigenvalue weighted by Gasteiger charge is 2.38. The summed E-state index contributed by atoms with van der Waals surface area (Å²) in [6, 6.07) is 0. The van der Waals surface area contributed by atoms with Crippen LogP contribution >= 0.6 is 15.9 Å². The number of carbonyl (C=O) groups excluding carboxylic acids is 1. The summed E-state index contributed by atoms with van der Waals surface area (Å²) < 4.78 is 5.51. The van der Waals surface area contributed by atoms with E-state index in [0.717, 1.165) is 24.8 Å². The van der Waals surface area contributed by atoms with E-state index in [0.29, 0.717) is 4.83 Å². The Morgan fingerprint density at radius 3 is 3.08 bits per heavy atom. The standard InChI is InChI=1S/C10H13BrO2/c1-6-5-13-9-3-2-7(11)4-8(9)10(6)12/h5,7-9H,2-4H2,1H3. The van der Waals surface area contributed by atoms with E-state index in [-0.39, 0.29) is 17.8 Å². The van der Waals surface area contributed by atoms with Crippen LogP contribution in [-0.2, 0) is 9.53 Å². The van der Waals surface area contributed by atoms with Crippen molar-refractivity contribution in [1.29, 1.82) is 0 Å². The van der Waals surface area contributed by atoms with Gasteiger partial charge in [-0.2, -0.15) is 0 Å². The van der Waals surface area contributed by atoms with Gasteiger partial charge in [-0.15, -0.1) is 0 Å². The van der Waals surface area contributed by atoms with Crippen LogP contribution in [0.3, 0.4) is 0 Å². The second-order valence-electron chi connectivity index (χ2n) is 3.86. The number of halogens is 1. The van der Waals surface area contributed by atoms with Gasteiger partial charge in [-0.3, -0.25) is 4.79 Å². The molecule has 0 amide bonds. The average molecular weight is 245 g/mol. The number of rotatable bonds is 0. The van der Waals surface area contributed by atoms with Crippen LogP contribution < -0.4 is 0 Å². The van der Waals surface area contributed by atoms with Gasteiger partial charge < -0.3 is 4.74 Å². The summed E-state index contributed by atoms with van der Waals surface area (Å²) in [5.41, 5.74) is 0.767. The first-order chi connectivity index (χ1) is 6.18. The van der Waals surface area contributed by atoms with Gasteiger partial charge in [0.05, 0.1) is 12.2 Å². The number of hydrogen-bond acceptors (Lipinski definition) is 2. The molecule has 1 heterocycles.